The fourth-order valence-electron chi connectivity index (χ4n) is 2.75. The van der Waals surface area contributed by atoms with Gasteiger partial charge in [0.25, 0.3) is 0 Å². The minimum absolute atomic E-state index is 0.0978. The van der Waals surface area contributed by atoms with Gasteiger partial charge in [-0.2, -0.15) is 0 Å². The molecule has 0 bridgehead atoms. The van der Waals surface area contributed by atoms with E-state index >= 15 is 0 Å². The van der Waals surface area contributed by atoms with Gasteiger partial charge in [0.1, 0.15) is 0 Å². The first-order valence-electron chi connectivity index (χ1n) is 5.87. The van der Waals surface area contributed by atoms with Gasteiger partial charge in [-0.05, 0) is 18.8 Å². The van der Waals surface area contributed by atoms with Crippen LogP contribution in [0.15, 0.2) is 12.2 Å². The lowest BCUT2D eigenvalue weighted by atomic mass is 9.79. The van der Waals surface area contributed by atoms with Crippen LogP contribution in [-0.4, -0.2) is 35.6 Å². The molecule has 0 radical (unpaired) electrons. The van der Waals surface area contributed by atoms with E-state index in [1.54, 1.807) is 0 Å². The summed E-state index contributed by atoms with van der Waals surface area (Å²) >= 11 is 0. The second kappa shape index (κ2) is 4.79. The molecule has 0 spiro atoms. The fourth-order valence-corrected chi connectivity index (χ4v) is 2.75. The molecular formula is C12H19NO2. The molecule has 2 rings (SSSR count). The van der Waals surface area contributed by atoms with Crippen LogP contribution in [0, 0.1) is 11.8 Å². The molecule has 1 aliphatic carbocycles. The van der Waals surface area contributed by atoms with Crippen LogP contribution in [0.5, 0.6) is 0 Å². The molecule has 0 aromatic heterocycles. The molecule has 15 heavy (non-hydrogen) atoms. The lowest BCUT2D eigenvalue weighted by Crippen LogP contribution is -2.36. The van der Waals surface area contributed by atoms with Crippen molar-refractivity contribution in [3.05, 3.63) is 12.2 Å². The summed E-state index contributed by atoms with van der Waals surface area (Å²) < 4.78 is 0. The van der Waals surface area contributed by atoms with Crippen molar-refractivity contribution < 1.29 is 9.90 Å². The maximum atomic E-state index is 11.1. The maximum absolute atomic E-state index is 11.1. The molecule has 0 amide bonds. The van der Waals surface area contributed by atoms with Gasteiger partial charge in [-0.15, -0.1) is 0 Å². The van der Waals surface area contributed by atoms with Crippen molar-refractivity contribution in [3.63, 3.8) is 0 Å². The molecule has 84 valence electrons. The van der Waals surface area contributed by atoms with Crippen LogP contribution in [-0.2, 0) is 4.79 Å². The first kappa shape index (κ1) is 10.7. The fraction of sp³-hybridized carbons (Fsp3) is 0.750. The predicted molar refractivity (Wildman–Crippen MR) is 58.7 cm³/mol. The first-order valence-corrected chi connectivity index (χ1v) is 5.87. The zero-order valence-electron chi connectivity index (χ0n) is 9.06. The monoisotopic (exact) mass is 209 g/mol. The molecule has 1 N–H and O–H groups in total. The molecule has 2 aliphatic rings. The van der Waals surface area contributed by atoms with Crippen molar-refractivity contribution in [2.24, 2.45) is 11.8 Å². The van der Waals surface area contributed by atoms with Crippen molar-refractivity contribution in [1.82, 2.24) is 4.90 Å². The first-order chi connectivity index (χ1) is 7.27. The smallest absolute Gasteiger partial charge is 0.306 e. The zero-order chi connectivity index (χ0) is 10.7. The van der Waals surface area contributed by atoms with Crippen molar-refractivity contribution in [1.29, 1.82) is 0 Å². The molecule has 2 atom stereocenters. The Labute approximate surface area is 90.8 Å². The minimum Gasteiger partial charge on any atom is -0.481 e. The van der Waals surface area contributed by atoms with Crippen molar-refractivity contribution in [2.45, 2.75) is 25.7 Å². The van der Waals surface area contributed by atoms with E-state index in [-0.39, 0.29) is 5.92 Å². The van der Waals surface area contributed by atoms with Crippen molar-refractivity contribution >= 4 is 5.97 Å². The number of hydrogen-bond acceptors (Lipinski definition) is 2. The van der Waals surface area contributed by atoms with E-state index in [2.05, 4.69) is 17.1 Å². The summed E-state index contributed by atoms with van der Waals surface area (Å²) in [6, 6.07) is 0. The van der Waals surface area contributed by atoms with Crippen molar-refractivity contribution in [3.8, 4) is 0 Å². The summed E-state index contributed by atoms with van der Waals surface area (Å²) in [6.45, 7) is 2.97. The van der Waals surface area contributed by atoms with Crippen LogP contribution in [0.25, 0.3) is 0 Å². The Hall–Kier alpha value is -0.830. The van der Waals surface area contributed by atoms with E-state index in [0.29, 0.717) is 5.92 Å². The molecule has 1 saturated carbocycles. The van der Waals surface area contributed by atoms with Gasteiger partial charge in [0.15, 0.2) is 0 Å². The van der Waals surface area contributed by atoms with Gasteiger partial charge >= 0.3 is 5.97 Å². The summed E-state index contributed by atoms with van der Waals surface area (Å²) in [4.78, 5) is 13.4. The van der Waals surface area contributed by atoms with E-state index in [0.717, 1.165) is 38.9 Å². The lowest BCUT2D eigenvalue weighted by Gasteiger charge is -2.31. The Bertz CT molecular complexity index is 254. The molecule has 0 aromatic carbocycles. The summed E-state index contributed by atoms with van der Waals surface area (Å²) in [7, 11) is 0. The van der Waals surface area contributed by atoms with Gasteiger partial charge in [-0.3, -0.25) is 9.69 Å². The molecule has 2 unspecified atom stereocenters. The Balaban J connectivity index is 1.89. The number of carboxylic acid groups (broad SMARTS) is 1. The molecule has 1 aliphatic heterocycles. The quantitative estimate of drug-likeness (QED) is 0.720. The van der Waals surface area contributed by atoms with E-state index in [9.17, 15) is 4.79 Å². The van der Waals surface area contributed by atoms with Gasteiger partial charge in [0.2, 0.25) is 0 Å². The van der Waals surface area contributed by atoms with Gasteiger partial charge in [-0.25, -0.2) is 0 Å². The minimum atomic E-state index is -0.591. The molecule has 3 heteroatoms. The second-order valence-electron chi connectivity index (χ2n) is 4.68. The summed E-state index contributed by atoms with van der Waals surface area (Å²) in [5, 5.41) is 9.15. The summed E-state index contributed by atoms with van der Waals surface area (Å²) in [6.07, 6.45) is 8.59. The number of carboxylic acids is 1. The highest BCUT2D eigenvalue weighted by atomic mass is 16.4. The van der Waals surface area contributed by atoms with E-state index in [4.69, 9.17) is 5.11 Å². The largest absolute Gasteiger partial charge is 0.481 e. The Morgan fingerprint density at radius 2 is 1.93 bits per heavy atom. The number of hydrogen-bond donors (Lipinski definition) is 1. The molecule has 0 aromatic rings. The van der Waals surface area contributed by atoms with Crippen LogP contribution < -0.4 is 0 Å². The second-order valence-corrected chi connectivity index (χ2v) is 4.68. The third-order valence-corrected chi connectivity index (χ3v) is 3.61. The average molecular weight is 209 g/mol. The third kappa shape index (κ3) is 2.59. The Morgan fingerprint density at radius 3 is 2.60 bits per heavy atom. The normalized spacial score (nSPS) is 32.0. The zero-order valence-corrected chi connectivity index (χ0v) is 9.06. The van der Waals surface area contributed by atoms with Crippen LogP contribution >= 0.6 is 0 Å². The Kier molecular flexibility index (Phi) is 3.41. The number of rotatable bonds is 3. The van der Waals surface area contributed by atoms with E-state index < -0.39 is 5.97 Å². The Morgan fingerprint density at radius 1 is 1.27 bits per heavy atom. The number of nitrogens with zero attached hydrogens (tertiary/aromatic N) is 1. The SMILES string of the molecule is O=C(O)C1CCCCC1CN1CC=CC1. The van der Waals surface area contributed by atoms with Gasteiger partial charge in [0, 0.05) is 19.6 Å². The van der Waals surface area contributed by atoms with Crippen LogP contribution in [0.2, 0.25) is 0 Å². The summed E-state index contributed by atoms with van der Waals surface area (Å²) in [5.74, 6) is -0.317. The lowest BCUT2D eigenvalue weighted by molar-refractivity contribution is -0.145. The molecular weight excluding hydrogens is 190 g/mol. The highest BCUT2D eigenvalue weighted by Crippen LogP contribution is 2.31. The average Bonchev–Trinajstić information content (AvgIpc) is 2.71. The van der Waals surface area contributed by atoms with E-state index in [1.165, 1.54) is 6.42 Å². The van der Waals surface area contributed by atoms with Crippen LogP contribution in [0.1, 0.15) is 25.7 Å². The van der Waals surface area contributed by atoms with Gasteiger partial charge < -0.3 is 5.11 Å². The van der Waals surface area contributed by atoms with Gasteiger partial charge in [0.05, 0.1) is 5.92 Å². The molecule has 0 saturated heterocycles. The summed E-state index contributed by atoms with van der Waals surface area (Å²) in [5.41, 5.74) is 0. The maximum Gasteiger partial charge on any atom is 0.306 e. The van der Waals surface area contributed by atoms with Gasteiger partial charge in [-0.1, -0.05) is 25.0 Å². The predicted octanol–water partition coefficient (Wildman–Crippen LogP) is 1.75. The van der Waals surface area contributed by atoms with E-state index in [1.807, 2.05) is 0 Å². The number of carbonyl (C=O) groups is 1. The van der Waals surface area contributed by atoms with Crippen LogP contribution in [0.3, 0.4) is 0 Å². The third-order valence-electron chi connectivity index (χ3n) is 3.61. The van der Waals surface area contributed by atoms with Crippen LogP contribution in [0.4, 0.5) is 0 Å². The topological polar surface area (TPSA) is 40.5 Å². The molecule has 1 heterocycles. The highest BCUT2D eigenvalue weighted by molar-refractivity contribution is 5.70. The number of aliphatic carboxylic acids is 1. The molecule has 1 fully saturated rings. The van der Waals surface area contributed by atoms with Crippen molar-refractivity contribution in [2.75, 3.05) is 19.6 Å². The molecule has 3 nitrogen and oxygen atoms in total. The highest BCUT2D eigenvalue weighted by Gasteiger charge is 2.31. The standard InChI is InChI=1S/C12H19NO2/c14-12(15)11-6-2-1-5-10(11)9-13-7-3-4-8-13/h3-4,10-11H,1-2,5-9H2,(H,14,15).